The lowest BCUT2D eigenvalue weighted by Crippen LogP contribution is -2.37. The van der Waals surface area contributed by atoms with E-state index in [9.17, 15) is 4.39 Å². The first-order chi connectivity index (χ1) is 8.08. The van der Waals surface area contributed by atoms with Crippen molar-refractivity contribution in [2.24, 2.45) is 0 Å². The fourth-order valence-corrected chi connectivity index (χ4v) is 2.49. The molecule has 3 heteroatoms. The summed E-state index contributed by atoms with van der Waals surface area (Å²) in [6.07, 6.45) is 4.07. The Morgan fingerprint density at radius 1 is 1.35 bits per heavy atom. The van der Waals surface area contributed by atoms with Crippen LogP contribution in [0, 0.1) is 12.7 Å². The molecule has 1 aromatic heterocycles. The largest absolute Gasteiger partial charge is 0.301 e. The molecule has 0 amide bonds. The van der Waals surface area contributed by atoms with E-state index in [2.05, 4.69) is 23.7 Å². The van der Waals surface area contributed by atoms with E-state index in [0.717, 1.165) is 31.5 Å². The van der Waals surface area contributed by atoms with Crippen molar-refractivity contribution in [3.05, 3.63) is 29.3 Å². The average Bonchev–Trinajstić information content (AvgIpc) is 2.33. The minimum Gasteiger partial charge on any atom is -0.301 e. The van der Waals surface area contributed by atoms with Crippen molar-refractivity contribution in [2.45, 2.75) is 45.6 Å². The summed E-state index contributed by atoms with van der Waals surface area (Å²) < 4.78 is 13.5. The molecule has 17 heavy (non-hydrogen) atoms. The summed E-state index contributed by atoms with van der Waals surface area (Å²) in [7, 11) is 0. The van der Waals surface area contributed by atoms with Crippen LogP contribution in [0.3, 0.4) is 0 Å². The third-order valence-corrected chi connectivity index (χ3v) is 3.78. The van der Waals surface area contributed by atoms with Crippen molar-refractivity contribution < 1.29 is 4.39 Å². The molecule has 1 aliphatic rings. The van der Waals surface area contributed by atoms with E-state index < -0.39 is 0 Å². The molecule has 0 radical (unpaired) electrons. The minimum atomic E-state index is -0.172. The Morgan fingerprint density at radius 2 is 2.00 bits per heavy atom. The second-order valence-corrected chi connectivity index (χ2v) is 5.24. The lowest BCUT2D eigenvalue weighted by atomic mass is 9.90. The van der Waals surface area contributed by atoms with Crippen LogP contribution in [0.15, 0.2) is 12.3 Å². The second kappa shape index (κ2) is 5.13. The van der Waals surface area contributed by atoms with Gasteiger partial charge in [0, 0.05) is 12.2 Å². The minimum absolute atomic E-state index is 0.172. The van der Waals surface area contributed by atoms with E-state index >= 15 is 0 Å². The van der Waals surface area contributed by atoms with Crippen molar-refractivity contribution in [3.63, 3.8) is 0 Å². The summed E-state index contributed by atoms with van der Waals surface area (Å²) in [5, 5.41) is 0. The van der Waals surface area contributed by atoms with Crippen LogP contribution in [0.25, 0.3) is 0 Å². The SMILES string of the molecule is Cc1ncc(C2CCN(C(C)C)CC2)cc1F. The molecule has 0 spiro atoms. The summed E-state index contributed by atoms with van der Waals surface area (Å²) in [4.78, 5) is 6.60. The molecule has 2 rings (SSSR count). The molecule has 2 heterocycles. The highest BCUT2D eigenvalue weighted by atomic mass is 19.1. The molecule has 1 aromatic rings. The van der Waals surface area contributed by atoms with Crippen LogP contribution in [0.5, 0.6) is 0 Å². The maximum Gasteiger partial charge on any atom is 0.144 e. The van der Waals surface area contributed by atoms with E-state index in [-0.39, 0.29) is 5.82 Å². The molecule has 1 fully saturated rings. The van der Waals surface area contributed by atoms with E-state index in [1.165, 1.54) is 0 Å². The Labute approximate surface area is 103 Å². The fourth-order valence-electron chi connectivity index (χ4n) is 2.49. The highest BCUT2D eigenvalue weighted by Crippen LogP contribution is 2.28. The number of hydrogen-bond donors (Lipinski definition) is 0. The number of halogens is 1. The van der Waals surface area contributed by atoms with Gasteiger partial charge in [0.05, 0.1) is 5.69 Å². The normalized spacial score (nSPS) is 18.9. The van der Waals surface area contributed by atoms with Gasteiger partial charge in [0.1, 0.15) is 5.82 Å². The molecule has 0 saturated carbocycles. The highest BCUT2D eigenvalue weighted by molar-refractivity contribution is 5.20. The Morgan fingerprint density at radius 3 is 2.53 bits per heavy atom. The first kappa shape index (κ1) is 12.5. The van der Waals surface area contributed by atoms with Crippen molar-refractivity contribution in [2.75, 3.05) is 13.1 Å². The summed E-state index contributed by atoms with van der Waals surface area (Å²) in [6, 6.07) is 2.28. The second-order valence-electron chi connectivity index (χ2n) is 5.24. The summed E-state index contributed by atoms with van der Waals surface area (Å²) in [6.45, 7) is 8.39. The van der Waals surface area contributed by atoms with Gasteiger partial charge in [-0.1, -0.05) is 0 Å². The Kier molecular flexibility index (Phi) is 3.77. The molecule has 1 saturated heterocycles. The first-order valence-corrected chi connectivity index (χ1v) is 6.44. The number of likely N-dealkylation sites (tertiary alicyclic amines) is 1. The zero-order valence-electron chi connectivity index (χ0n) is 10.9. The molecule has 0 N–H and O–H groups in total. The van der Waals surface area contributed by atoms with Crippen LogP contribution in [0.4, 0.5) is 4.39 Å². The van der Waals surface area contributed by atoms with E-state index in [1.807, 2.05) is 6.20 Å². The topological polar surface area (TPSA) is 16.1 Å². The van der Waals surface area contributed by atoms with E-state index in [1.54, 1.807) is 13.0 Å². The van der Waals surface area contributed by atoms with Gasteiger partial charge in [-0.2, -0.15) is 0 Å². The predicted molar refractivity (Wildman–Crippen MR) is 67.6 cm³/mol. The zero-order chi connectivity index (χ0) is 12.4. The molecule has 0 aromatic carbocycles. The molecular formula is C14H21FN2. The highest BCUT2D eigenvalue weighted by Gasteiger charge is 2.22. The first-order valence-electron chi connectivity index (χ1n) is 6.44. The maximum atomic E-state index is 13.5. The molecule has 2 nitrogen and oxygen atoms in total. The predicted octanol–water partition coefficient (Wildman–Crippen LogP) is 3.12. The van der Waals surface area contributed by atoms with Gasteiger partial charge < -0.3 is 4.90 Å². The fraction of sp³-hybridized carbons (Fsp3) is 0.643. The smallest absolute Gasteiger partial charge is 0.144 e. The van der Waals surface area contributed by atoms with Gasteiger partial charge in [0.2, 0.25) is 0 Å². The lowest BCUT2D eigenvalue weighted by Gasteiger charge is -2.34. The average molecular weight is 236 g/mol. The number of hydrogen-bond acceptors (Lipinski definition) is 2. The quantitative estimate of drug-likeness (QED) is 0.784. The Balaban J connectivity index is 2.03. The van der Waals surface area contributed by atoms with Gasteiger partial charge in [-0.05, 0) is 64.3 Å². The van der Waals surface area contributed by atoms with Gasteiger partial charge in [-0.25, -0.2) is 4.39 Å². The number of aryl methyl sites for hydroxylation is 1. The van der Waals surface area contributed by atoms with Crippen LogP contribution < -0.4 is 0 Å². The zero-order valence-corrected chi connectivity index (χ0v) is 10.9. The number of nitrogens with zero attached hydrogens (tertiary/aromatic N) is 2. The maximum absolute atomic E-state index is 13.5. The van der Waals surface area contributed by atoms with Crippen molar-refractivity contribution in [1.82, 2.24) is 9.88 Å². The molecule has 0 atom stereocenters. The van der Waals surface area contributed by atoms with E-state index in [0.29, 0.717) is 17.7 Å². The van der Waals surface area contributed by atoms with Gasteiger partial charge in [-0.3, -0.25) is 4.98 Å². The third kappa shape index (κ3) is 2.83. The Hall–Kier alpha value is -0.960. The van der Waals surface area contributed by atoms with Gasteiger partial charge in [0.25, 0.3) is 0 Å². The molecule has 0 bridgehead atoms. The molecule has 0 unspecified atom stereocenters. The number of piperidine rings is 1. The Bertz CT molecular complexity index is 382. The van der Waals surface area contributed by atoms with Crippen molar-refractivity contribution >= 4 is 0 Å². The van der Waals surface area contributed by atoms with Gasteiger partial charge >= 0.3 is 0 Å². The third-order valence-electron chi connectivity index (χ3n) is 3.78. The molecule has 1 aliphatic heterocycles. The summed E-state index contributed by atoms with van der Waals surface area (Å²) in [5.41, 5.74) is 1.56. The summed E-state index contributed by atoms with van der Waals surface area (Å²) in [5.74, 6) is 0.307. The molecular weight excluding hydrogens is 215 g/mol. The number of aromatic nitrogens is 1. The lowest BCUT2D eigenvalue weighted by molar-refractivity contribution is 0.171. The molecule has 94 valence electrons. The number of pyridine rings is 1. The number of rotatable bonds is 2. The van der Waals surface area contributed by atoms with Crippen molar-refractivity contribution in [3.8, 4) is 0 Å². The van der Waals surface area contributed by atoms with Crippen LogP contribution in [0.1, 0.15) is 43.9 Å². The van der Waals surface area contributed by atoms with Crippen LogP contribution in [0.2, 0.25) is 0 Å². The van der Waals surface area contributed by atoms with Gasteiger partial charge in [-0.15, -0.1) is 0 Å². The van der Waals surface area contributed by atoms with E-state index in [4.69, 9.17) is 0 Å². The van der Waals surface area contributed by atoms with Gasteiger partial charge in [0.15, 0.2) is 0 Å². The van der Waals surface area contributed by atoms with Crippen LogP contribution >= 0.6 is 0 Å². The van der Waals surface area contributed by atoms with Crippen molar-refractivity contribution in [1.29, 1.82) is 0 Å². The molecule has 0 aliphatic carbocycles. The monoisotopic (exact) mass is 236 g/mol. The standard InChI is InChI=1S/C14H21FN2/c1-10(2)17-6-4-12(5-7-17)13-8-14(15)11(3)16-9-13/h8-10,12H,4-7H2,1-3H3. The summed E-state index contributed by atoms with van der Waals surface area (Å²) >= 11 is 0. The van der Waals surface area contributed by atoms with Crippen LogP contribution in [-0.4, -0.2) is 29.0 Å². The van der Waals surface area contributed by atoms with Crippen LogP contribution in [-0.2, 0) is 0 Å².